The van der Waals surface area contributed by atoms with Crippen molar-refractivity contribution in [2.45, 2.75) is 33.6 Å². The maximum Gasteiger partial charge on any atom is 0.131 e. The Morgan fingerprint density at radius 3 is 2.64 bits per heavy atom. The number of aromatic nitrogens is 2. The lowest BCUT2D eigenvalue weighted by molar-refractivity contribution is 0.296. The van der Waals surface area contributed by atoms with Crippen molar-refractivity contribution in [1.29, 1.82) is 0 Å². The Hall–Kier alpha value is -0.960. The topological polar surface area (TPSA) is 46.0 Å². The summed E-state index contributed by atoms with van der Waals surface area (Å²) in [5, 5.41) is 8.80. The number of aryl methyl sites for hydroxylation is 1. The van der Waals surface area contributed by atoms with Gasteiger partial charge in [-0.2, -0.15) is 0 Å². The van der Waals surface area contributed by atoms with Gasteiger partial charge in [-0.25, -0.2) is 9.97 Å². The van der Waals surface area contributed by atoms with Crippen molar-refractivity contribution in [3.8, 4) is 0 Å². The van der Waals surface area contributed by atoms with Crippen molar-refractivity contribution in [2.75, 3.05) is 6.61 Å². The van der Waals surface area contributed by atoms with E-state index in [1.54, 1.807) is 0 Å². The van der Waals surface area contributed by atoms with Crippen LogP contribution >= 0.6 is 0 Å². The largest absolute Gasteiger partial charge is 0.396 e. The molecule has 1 heterocycles. The molecular weight excluding hydrogens is 176 g/mol. The van der Waals surface area contributed by atoms with Crippen LogP contribution in [0.1, 0.15) is 31.1 Å². The van der Waals surface area contributed by atoms with Gasteiger partial charge in [0.2, 0.25) is 0 Å². The summed E-state index contributed by atoms with van der Waals surface area (Å²) < 4.78 is 0. The summed E-state index contributed by atoms with van der Waals surface area (Å²) in [6, 6.07) is 2.01. The van der Waals surface area contributed by atoms with E-state index in [1.807, 2.05) is 13.0 Å². The zero-order valence-corrected chi connectivity index (χ0v) is 9.12. The van der Waals surface area contributed by atoms with Crippen LogP contribution in [0.25, 0.3) is 0 Å². The van der Waals surface area contributed by atoms with Crippen LogP contribution in [0.3, 0.4) is 0 Å². The van der Waals surface area contributed by atoms with Crippen LogP contribution in [-0.4, -0.2) is 21.7 Å². The number of aliphatic hydroxyl groups is 1. The van der Waals surface area contributed by atoms with E-state index < -0.39 is 0 Å². The highest BCUT2D eigenvalue weighted by atomic mass is 16.3. The lowest BCUT2D eigenvalue weighted by Gasteiger charge is -2.07. The van der Waals surface area contributed by atoms with E-state index in [-0.39, 0.29) is 6.61 Å². The van der Waals surface area contributed by atoms with Gasteiger partial charge in [-0.1, -0.05) is 13.8 Å². The van der Waals surface area contributed by atoms with Crippen LogP contribution in [0, 0.1) is 12.8 Å². The van der Waals surface area contributed by atoms with Gasteiger partial charge in [0.05, 0.1) is 6.61 Å². The fraction of sp³-hybridized carbons (Fsp3) is 0.636. The average Bonchev–Trinajstić information content (AvgIpc) is 2.01. The normalized spacial score (nSPS) is 10.9. The molecule has 0 aliphatic rings. The maximum absolute atomic E-state index is 8.80. The van der Waals surface area contributed by atoms with Crippen LogP contribution in [0.15, 0.2) is 6.07 Å². The molecule has 0 bridgehead atoms. The Kier molecular flexibility index (Phi) is 4.01. The Bertz CT molecular complexity index is 297. The molecule has 0 saturated carbocycles. The molecule has 0 aromatic carbocycles. The van der Waals surface area contributed by atoms with Gasteiger partial charge in [0.1, 0.15) is 5.82 Å². The Balaban J connectivity index is 2.83. The van der Waals surface area contributed by atoms with Crippen molar-refractivity contribution in [2.24, 2.45) is 5.92 Å². The van der Waals surface area contributed by atoms with Gasteiger partial charge in [0.15, 0.2) is 0 Å². The SMILES string of the molecule is Cc1cc(CC(C)C)nc(CCO)n1. The molecule has 1 N–H and O–H groups in total. The summed E-state index contributed by atoms with van der Waals surface area (Å²) >= 11 is 0. The number of hydrogen-bond donors (Lipinski definition) is 1. The van der Waals surface area contributed by atoms with Crippen LogP contribution < -0.4 is 0 Å². The number of rotatable bonds is 4. The van der Waals surface area contributed by atoms with Gasteiger partial charge in [0.25, 0.3) is 0 Å². The molecular formula is C11H18N2O. The second-order valence-electron chi connectivity index (χ2n) is 3.99. The van der Waals surface area contributed by atoms with Crippen LogP contribution in [0.4, 0.5) is 0 Å². The molecule has 0 aliphatic carbocycles. The van der Waals surface area contributed by atoms with Crippen molar-refractivity contribution in [1.82, 2.24) is 9.97 Å². The highest BCUT2D eigenvalue weighted by Crippen LogP contribution is 2.07. The van der Waals surface area contributed by atoms with E-state index in [0.717, 1.165) is 23.6 Å². The zero-order chi connectivity index (χ0) is 10.6. The summed E-state index contributed by atoms with van der Waals surface area (Å²) in [7, 11) is 0. The van der Waals surface area contributed by atoms with E-state index >= 15 is 0 Å². The summed E-state index contributed by atoms with van der Waals surface area (Å²) in [4.78, 5) is 8.65. The number of hydrogen-bond acceptors (Lipinski definition) is 3. The first-order chi connectivity index (χ1) is 6.61. The second-order valence-corrected chi connectivity index (χ2v) is 3.99. The number of aliphatic hydroxyl groups excluding tert-OH is 1. The summed E-state index contributed by atoms with van der Waals surface area (Å²) in [6.07, 6.45) is 1.52. The molecule has 0 spiro atoms. The van der Waals surface area contributed by atoms with Crippen LogP contribution in [-0.2, 0) is 12.8 Å². The zero-order valence-electron chi connectivity index (χ0n) is 9.12. The van der Waals surface area contributed by atoms with Crippen LogP contribution in [0.2, 0.25) is 0 Å². The minimum Gasteiger partial charge on any atom is -0.396 e. The molecule has 3 nitrogen and oxygen atoms in total. The van der Waals surface area contributed by atoms with E-state index in [0.29, 0.717) is 12.3 Å². The van der Waals surface area contributed by atoms with Crippen molar-refractivity contribution in [3.05, 3.63) is 23.3 Å². The maximum atomic E-state index is 8.80. The molecule has 3 heteroatoms. The lowest BCUT2D eigenvalue weighted by atomic mass is 10.1. The van der Waals surface area contributed by atoms with Gasteiger partial charge in [-0.3, -0.25) is 0 Å². The molecule has 78 valence electrons. The lowest BCUT2D eigenvalue weighted by Crippen LogP contribution is -2.05. The van der Waals surface area contributed by atoms with Crippen LogP contribution in [0.5, 0.6) is 0 Å². The third-order valence-corrected chi connectivity index (χ3v) is 1.91. The van der Waals surface area contributed by atoms with Gasteiger partial charge >= 0.3 is 0 Å². The second kappa shape index (κ2) is 5.05. The fourth-order valence-corrected chi connectivity index (χ4v) is 1.43. The Morgan fingerprint density at radius 2 is 2.07 bits per heavy atom. The first kappa shape index (κ1) is 11.1. The van der Waals surface area contributed by atoms with Crippen molar-refractivity contribution < 1.29 is 5.11 Å². The molecule has 0 fully saturated rings. The molecule has 0 atom stereocenters. The third-order valence-electron chi connectivity index (χ3n) is 1.91. The summed E-state index contributed by atoms with van der Waals surface area (Å²) in [5.41, 5.74) is 2.06. The predicted octanol–water partition coefficient (Wildman–Crippen LogP) is 1.52. The van der Waals surface area contributed by atoms with Crippen molar-refractivity contribution >= 4 is 0 Å². The molecule has 0 radical (unpaired) electrons. The van der Waals surface area contributed by atoms with E-state index in [1.165, 1.54) is 0 Å². The molecule has 1 aromatic rings. The van der Waals surface area contributed by atoms with E-state index in [4.69, 9.17) is 5.11 Å². The predicted molar refractivity (Wildman–Crippen MR) is 56.1 cm³/mol. The molecule has 0 amide bonds. The molecule has 0 aliphatic heterocycles. The monoisotopic (exact) mass is 194 g/mol. The first-order valence-corrected chi connectivity index (χ1v) is 5.06. The average molecular weight is 194 g/mol. The molecule has 1 rings (SSSR count). The molecule has 0 saturated heterocycles. The molecule has 0 unspecified atom stereocenters. The minimum absolute atomic E-state index is 0.116. The van der Waals surface area contributed by atoms with E-state index in [2.05, 4.69) is 23.8 Å². The summed E-state index contributed by atoms with van der Waals surface area (Å²) in [6.45, 7) is 6.42. The standard InChI is InChI=1S/C11H18N2O/c1-8(2)6-10-7-9(3)12-11(13-10)4-5-14/h7-8,14H,4-6H2,1-3H3. The Morgan fingerprint density at radius 1 is 1.36 bits per heavy atom. The molecule has 14 heavy (non-hydrogen) atoms. The third kappa shape index (κ3) is 3.42. The van der Waals surface area contributed by atoms with Crippen molar-refractivity contribution in [3.63, 3.8) is 0 Å². The molecule has 1 aromatic heterocycles. The van der Waals surface area contributed by atoms with Gasteiger partial charge in [-0.15, -0.1) is 0 Å². The summed E-state index contributed by atoms with van der Waals surface area (Å²) in [5.74, 6) is 1.36. The van der Waals surface area contributed by atoms with E-state index in [9.17, 15) is 0 Å². The van der Waals surface area contributed by atoms with Gasteiger partial charge in [0, 0.05) is 17.8 Å². The first-order valence-electron chi connectivity index (χ1n) is 5.06. The highest BCUT2D eigenvalue weighted by molar-refractivity contribution is 5.10. The van der Waals surface area contributed by atoms with Gasteiger partial charge in [-0.05, 0) is 25.3 Å². The van der Waals surface area contributed by atoms with Gasteiger partial charge < -0.3 is 5.11 Å². The smallest absolute Gasteiger partial charge is 0.131 e. The number of nitrogens with zero attached hydrogens (tertiary/aromatic N) is 2. The highest BCUT2D eigenvalue weighted by Gasteiger charge is 2.03. The Labute approximate surface area is 85.2 Å². The fourth-order valence-electron chi connectivity index (χ4n) is 1.43. The minimum atomic E-state index is 0.116. The quantitative estimate of drug-likeness (QED) is 0.790.